The van der Waals surface area contributed by atoms with Crippen LogP contribution in [0.15, 0.2) is 0 Å². The Morgan fingerprint density at radius 3 is 2.46 bits per heavy atom. The molecule has 1 N–H and O–H groups in total. The van der Waals surface area contributed by atoms with Gasteiger partial charge in [-0.05, 0) is 62.7 Å². The fourth-order valence-electron chi connectivity index (χ4n) is 3.60. The number of nitrogens with zero attached hydrogens (tertiary/aromatic N) is 1. The number of ether oxygens (including phenoxy) is 1. The molecule has 0 amide bonds. The van der Waals surface area contributed by atoms with Gasteiger partial charge in [-0.25, -0.2) is 4.79 Å². The number of piperidine rings is 1. The molecule has 1 saturated heterocycles. The van der Waals surface area contributed by atoms with Crippen molar-refractivity contribution in [1.29, 1.82) is 0 Å². The maximum atomic E-state index is 12.4. The van der Waals surface area contributed by atoms with Crippen molar-refractivity contribution in [2.45, 2.75) is 57.8 Å². The molecule has 0 bridgehead atoms. The van der Waals surface area contributed by atoms with Crippen molar-refractivity contribution in [2.75, 3.05) is 25.5 Å². The fourth-order valence-corrected chi connectivity index (χ4v) is 5.22. The van der Waals surface area contributed by atoms with Crippen LogP contribution in [0.1, 0.15) is 65.7 Å². The van der Waals surface area contributed by atoms with Crippen LogP contribution in [0.2, 0.25) is 0 Å². The lowest BCUT2D eigenvalue weighted by atomic mass is 9.96. The first-order valence-electron chi connectivity index (χ1n) is 8.99. The van der Waals surface area contributed by atoms with Gasteiger partial charge < -0.3 is 15.0 Å². The molecular formula is C18H26N2O2S2. The number of fused-ring (bicyclic) bond motifs is 1. The first kappa shape index (κ1) is 17.7. The number of methoxy groups -OCH3 is 1. The van der Waals surface area contributed by atoms with Gasteiger partial charge in [0.15, 0.2) is 5.11 Å². The number of rotatable bonds is 2. The molecule has 6 heteroatoms. The minimum atomic E-state index is -0.239. The number of hydrogen-bond donors (Lipinski definition) is 1. The summed E-state index contributed by atoms with van der Waals surface area (Å²) >= 11 is 7.30. The lowest BCUT2D eigenvalue weighted by molar-refractivity contribution is 0.0601. The number of aryl methyl sites for hydroxylation is 1. The summed E-state index contributed by atoms with van der Waals surface area (Å²) in [5.74, 6) is -0.239. The van der Waals surface area contributed by atoms with Gasteiger partial charge in [0.1, 0.15) is 5.00 Å². The molecule has 0 unspecified atom stereocenters. The summed E-state index contributed by atoms with van der Waals surface area (Å²) in [7, 11) is 1.46. The molecule has 0 radical (unpaired) electrons. The minimum absolute atomic E-state index is 0.239. The molecule has 4 nitrogen and oxygen atoms in total. The summed E-state index contributed by atoms with van der Waals surface area (Å²) in [4.78, 5) is 16.0. The highest BCUT2D eigenvalue weighted by Crippen LogP contribution is 2.37. The van der Waals surface area contributed by atoms with E-state index in [1.165, 1.54) is 56.1 Å². The second-order valence-corrected chi connectivity index (χ2v) is 8.08. The average Bonchev–Trinajstić information content (AvgIpc) is 2.91. The highest BCUT2D eigenvalue weighted by atomic mass is 32.1. The van der Waals surface area contributed by atoms with Crippen LogP contribution in [0.4, 0.5) is 5.00 Å². The summed E-state index contributed by atoms with van der Waals surface area (Å²) in [5.41, 5.74) is 1.91. The number of carbonyl (C=O) groups is 1. The van der Waals surface area contributed by atoms with Crippen molar-refractivity contribution >= 4 is 39.6 Å². The van der Waals surface area contributed by atoms with E-state index in [4.69, 9.17) is 17.0 Å². The van der Waals surface area contributed by atoms with Crippen molar-refractivity contribution in [3.05, 3.63) is 16.0 Å². The van der Waals surface area contributed by atoms with E-state index in [1.807, 2.05) is 0 Å². The zero-order valence-electron chi connectivity index (χ0n) is 14.4. The third-order valence-corrected chi connectivity index (χ3v) is 6.49. The largest absolute Gasteiger partial charge is 0.465 e. The predicted molar refractivity (Wildman–Crippen MR) is 103 cm³/mol. The number of carbonyl (C=O) groups excluding carboxylic acids is 1. The molecule has 0 spiro atoms. The van der Waals surface area contributed by atoms with Gasteiger partial charge >= 0.3 is 5.97 Å². The Hall–Kier alpha value is -1.14. The van der Waals surface area contributed by atoms with Crippen LogP contribution in [-0.2, 0) is 17.6 Å². The summed E-state index contributed by atoms with van der Waals surface area (Å²) in [5, 5.41) is 4.99. The van der Waals surface area contributed by atoms with E-state index in [0.29, 0.717) is 0 Å². The molecule has 1 aliphatic carbocycles. The van der Waals surface area contributed by atoms with Crippen molar-refractivity contribution in [2.24, 2.45) is 0 Å². The molecule has 2 aliphatic rings. The number of thiophene rings is 1. The van der Waals surface area contributed by atoms with Crippen molar-refractivity contribution in [3.8, 4) is 0 Å². The highest BCUT2D eigenvalue weighted by molar-refractivity contribution is 7.80. The van der Waals surface area contributed by atoms with Crippen LogP contribution in [0.5, 0.6) is 0 Å². The van der Waals surface area contributed by atoms with Crippen LogP contribution >= 0.6 is 23.6 Å². The van der Waals surface area contributed by atoms with Crippen LogP contribution in [0.3, 0.4) is 0 Å². The summed E-state index contributed by atoms with van der Waals surface area (Å²) in [6.45, 7) is 2.01. The SMILES string of the molecule is COC(=O)c1c(NC(=S)N2CCCCC2)sc2c1CCCCCC2. The third-order valence-electron chi connectivity index (χ3n) is 4.92. The number of thiocarbonyl (C=S) groups is 1. The molecule has 1 aromatic heterocycles. The monoisotopic (exact) mass is 366 g/mol. The molecule has 0 saturated carbocycles. The average molecular weight is 367 g/mol. The topological polar surface area (TPSA) is 41.6 Å². The molecule has 0 aromatic carbocycles. The van der Waals surface area contributed by atoms with E-state index >= 15 is 0 Å². The summed E-state index contributed by atoms with van der Waals surface area (Å²) in [6.07, 6.45) is 10.5. The molecule has 3 rings (SSSR count). The second-order valence-electron chi connectivity index (χ2n) is 6.59. The maximum Gasteiger partial charge on any atom is 0.341 e. The van der Waals surface area contributed by atoms with Gasteiger partial charge in [0, 0.05) is 18.0 Å². The number of esters is 1. The van der Waals surface area contributed by atoms with Crippen molar-refractivity contribution in [1.82, 2.24) is 4.90 Å². The molecule has 24 heavy (non-hydrogen) atoms. The Kier molecular flexibility index (Phi) is 6.11. The van der Waals surface area contributed by atoms with Gasteiger partial charge in [-0.3, -0.25) is 0 Å². The Balaban J connectivity index is 1.86. The van der Waals surface area contributed by atoms with Crippen molar-refractivity contribution in [3.63, 3.8) is 0 Å². The van der Waals surface area contributed by atoms with Crippen molar-refractivity contribution < 1.29 is 9.53 Å². The number of anilines is 1. The van der Waals surface area contributed by atoms with E-state index in [-0.39, 0.29) is 5.97 Å². The molecule has 1 aromatic rings. The quantitative estimate of drug-likeness (QED) is 0.621. The standard InChI is InChI=1S/C18H26N2O2S2/c1-22-17(21)15-13-9-5-2-3-6-10-14(13)24-16(15)19-18(23)20-11-7-4-8-12-20/h2-12H2,1H3,(H,19,23). The minimum Gasteiger partial charge on any atom is -0.465 e. The molecule has 1 aliphatic heterocycles. The van der Waals surface area contributed by atoms with Gasteiger partial charge in [0.25, 0.3) is 0 Å². The lowest BCUT2D eigenvalue weighted by Crippen LogP contribution is -2.38. The van der Waals surface area contributed by atoms with Gasteiger partial charge in [-0.2, -0.15) is 0 Å². The van der Waals surface area contributed by atoms with Gasteiger partial charge in [-0.15, -0.1) is 11.3 Å². The van der Waals surface area contributed by atoms with E-state index < -0.39 is 0 Å². The second kappa shape index (κ2) is 8.30. The smallest absolute Gasteiger partial charge is 0.341 e. The Morgan fingerprint density at radius 1 is 1.08 bits per heavy atom. The van der Waals surface area contributed by atoms with Crippen LogP contribution in [0.25, 0.3) is 0 Å². The molecule has 2 heterocycles. The number of likely N-dealkylation sites (tertiary alicyclic amines) is 1. The van der Waals surface area contributed by atoms with E-state index in [9.17, 15) is 4.79 Å². The zero-order valence-corrected chi connectivity index (χ0v) is 16.0. The zero-order chi connectivity index (χ0) is 16.9. The van der Waals surface area contributed by atoms with Crippen LogP contribution in [-0.4, -0.2) is 36.2 Å². The lowest BCUT2D eigenvalue weighted by Gasteiger charge is -2.29. The van der Waals surface area contributed by atoms with Gasteiger partial charge in [-0.1, -0.05) is 12.8 Å². The Labute approximate surface area is 153 Å². The van der Waals surface area contributed by atoms with E-state index in [2.05, 4.69) is 10.2 Å². The van der Waals surface area contributed by atoms with Crippen LogP contribution < -0.4 is 5.32 Å². The normalized spacial score (nSPS) is 18.3. The molecule has 132 valence electrons. The van der Waals surface area contributed by atoms with Gasteiger partial charge in [0.2, 0.25) is 0 Å². The van der Waals surface area contributed by atoms with Gasteiger partial charge in [0.05, 0.1) is 12.7 Å². The highest BCUT2D eigenvalue weighted by Gasteiger charge is 2.26. The Bertz CT molecular complexity index is 606. The van der Waals surface area contributed by atoms with Crippen LogP contribution in [0, 0.1) is 0 Å². The predicted octanol–water partition coefficient (Wildman–Crippen LogP) is 4.38. The van der Waals surface area contributed by atoms with E-state index in [1.54, 1.807) is 11.3 Å². The molecule has 0 atom stereocenters. The van der Waals surface area contributed by atoms with E-state index in [0.717, 1.165) is 48.0 Å². The first-order valence-corrected chi connectivity index (χ1v) is 10.2. The summed E-state index contributed by atoms with van der Waals surface area (Å²) in [6, 6.07) is 0. The molecular weight excluding hydrogens is 340 g/mol. The Morgan fingerprint density at radius 2 is 1.75 bits per heavy atom. The third kappa shape index (κ3) is 3.91. The summed E-state index contributed by atoms with van der Waals surface area (Å²) < 4.78 is 5.07. The fraction of sp³-hybridized carbons (Fsp3) is 0.667. The maximum absolute atomic E-state index is 12.4. The molecule has 1 fully saturated rings. The first-order chi connectivity index (χ1) is 11.7. The number of nitrogens with one attached hydrogen (secondary N) is 1. The number of hydrogen-bond acceptors (Lipinski definition) is 4.